The molecule has 8 nitrogen and oxygen atoms in total. The number of phenols is 1. The van der Waals surface area contributed by atoms with E-state index in [9.17, 15) is 20.0 Å². The van der Waals surface area contributed by atoms with E-state index in [0.29, 0.717) is 31.4 Å². The molecule has 2 aliphatic heterocycles. The number of rotatable bonds is 4. The van der Waals surface area contributed by atoms with Gasteiger partial charge in [-0.05, 0) is 36.5 Å². The third kappa shape index (κ3) is 3.24. The highest BCUT2D eigenvalue weighted by Gasteiger charge is 2.35. The van der Waals surface area contributed by atoms with Crippen LogP contribution >= 0.6 is 0 Å². The quantitative estimate of drug-likeness (QED) is 0.360. The molecule has 28 heavy (non-hydrogen) atoms. The number of nitrogens with zero attached hydrogens (tertiary/aromatic N) is 1. The van der Waals surface area contributed by atoms with Crippen LogP contribution in [0.15, 0.2) is 36.4 Å². The zero-order chi connectivity index (χ0) is 19.8. The second-order valence-electron chi connectivity index (χ2n) is 6.85. The van der Waals surface area contributed by atoms with Gasteiger partial charge in [0.15, 0.2) is 0 Å². The van der Waals surface area contributed by atoms with E-state index >= 15 is 0 Å². The molecule has 4 rings (SSSR count). The number of carbonyl (C=O) groups is 1. The fraction of sp³-hybridized carbons (Fsp3) is 0.263. The standard InChI is InChI=1S/C19H19BN2O6/c21-18(13-3-1-2-4-14(13)23)22-9-12(10-22)27-15-6-5-11-7-8-20(26)28-17(11)16(15)19(24)25/h1-6,12,21,23,26H,7-10H2,(H,24,25). The lowest BCUT2D eigenvalue weighted by molar-refractivity contribution is 0.0597. The van der Waals surface area contributed by atoms with Crippen molar-refractivity contribution in [3.8, 4) is 17.2 Å². The molecule has 0 aliphatic carbocycles. The molecule has 0 radical (unpaired) electrons. The van der Waals surface area contributed by atoms with E-state index in [1.807, 2.05) is 0 Å². The van der Waals surface area contributed by atoms with Crippen molar-refractivity contribution in [3.05, 3.63) is 53.1 Å². The number of carboxylic acids is 1. The van der Waals surface area contributed by atoms with Crippen molar-refractivity contribution in [1.29, 1.82) is 5.41 Å². The molecular weight excluding hydrogens is 363 g/mol. The Labute approximate surface area is 161 Å². The summed E-state index contributed by atoms with van der Waals surface area (Å²) in [7, 11) is -1.03. The Hall–Kier alpha value is -3.20. The topological polar surface area (TPSA) is 123 Å². The van der Waals surface area contributed by atoms with Crippen molar-refractivity contribution in [2.24, 2.45) is 0 Å². The summed E-state index contributed by atoms with van der Waals surface area (Å²) >= 11 is 0. The average molecular weight is 382 g/mol. The number of hydrogen-bond acceptors (Lipinski definition) is 6. The number of carboxylic acid groups (broad SMARTS) is 1. The van der Waals surface area contributed by atoms with Gasteiger partial charge in [0.25, 0.3) is 0 Å². The number of hydrogen-bond donors (Lipinski definition) is 4. The maximum atomic E-state index is 11.8. The van der Waals surface area contributed by atoms with Crippen LogP contribution < -0.4 is 9.39 Å². The second kappa shape index (κ2) is 7.08. The number of fused-ring (bicyclic) bond motifs is 1. The number of benzene rings is 2. The Kier molecular flexibility index (Phi) is 4.60. The zero-order valence-electron chi connectivity index (χ0n) is 15.0. The number of para-hydroxylation sites is 1. The lowest BCUT2D eigenvalue weighted by atomic mass is 9.78. The van der Waals surface area contributed by atoms with Crippen LogP contribution in [-0.4, -0.2) is 58.3 Å². The van der Waals surface area contributed by atoms with Crippen molar-refractivity contribution in [3.63, 3.8) is 0 Å². The summed E-state index contributed by atoms with van der Waals surface area (Å²) in [6, 6.07) is 10.00. The van der Waals surface area contributed by atoms with Crippen LogP contribution in [0, 0.1) is 5.41 Å². The molecule has 2 aliphatic rings. The number of nitrogens with one attached hydrogen (secondary N) is 1. The van der Waals surface area contributed by atoms with Crippen LogP contribution in [0.2, 0.25) is 6.32 Å². The van der Waals surface area contributed by atoms with Crippen LogP contribution in [0.5, 0.6) is 17.2 Å². The molecule has 0 unspecified atom stereocenters. The monoisotopic (exact) mass is 382 g/mol. The SMILES string of the molecule is N=C(c1ccccc1O)N1CC(Oc2ccc3c(c2C(=O)O)OB(O)CC3)C1. The van der Waals surface area contributed by atoms with Crippen molar-refractivity contribution < 1.29 is 29.4 Å². The van der Waals surface area contributed by atoms with E-state index in [-0.39, 0.29) is 34.8 Å². The molecule has 9 heteroatoms. The van der Waals surface area contributed by atoms with Gasteiger partial charge in [-0.15, -0.1) is 0 Å². The van der Waals surface area contributed by atoms with Crippen LogP contribution in [0.4, 0.5) is 0 Å². The van der Waals surface area contributed by atoms with Crippen LogP contribution in [-0.2, 0) is 6.42 Å². The molecule has 2 aromatic carbocycles. The second-order valence-corrected chi connectivity index (χ2v) is 6.85. The van der Waals surface area contributed by atoms with E-state index in [1.54, 1.807) is 35.2 Å². The Bertz CT molecular complexity index is 944. The first kappa shape index (κ1) is 18.2. The van der Waals surface area contributed by atoms with Gasteiger partial charge in [0.2, 0.25) is 0 Å². The van der Waals surface area contributed by atoms with Gasteiger partial charge >= 0.3 is 13.1 Å². The number of aromatic carboxylic acids is 1. The van der Waals surface area contributed by atoms with Crippen LogP contribution in [0.25, 0.3) is 0 Å². The van der Waals surface area contributed by atoms with Crippen LogP contribution in [0.3, 0.4) is 0 Å². The summed E-state index contributed by atoms with van der Waals surface area (Å²) in [6.07, 6.45) is 0.653. The van der Waals surface area contributed by atoms with Gasteiger partial charge in [-0.3, -0.25) is 5.41 Å². The molecule has 2 aromatic rings. The van der Waals surface area contributed by atoms with Gasteiger partial charge in [-0.25, -0.2) is 4.79 Å². The number of aromatic hydroxyl groups is 1. The van der Waals surface area contributed by atoms with E-state index in [4.69, 9.17) is 14.8 Å². The summed E-state index contributed by atoms with van der Waals surface area (Å²) in [4.78, 5) is 13.5. The molecule has 0 aromatic heterocycles. The van der Waals surface area contributed by atoms with Crippen molar-refractivity contribution in [2.45, 2.75) is 18.8 Å². The minimum atomic E-state index is -1.18. The summed E-state index contributed by atoms with van der Waals surface area (Å²) < 4.78 is 11.2. The Morgan fingerprint density at radius 3 is 2.71 bits per heavy atom. The van der Waals surface area contributed by atoms with Gasteiger partial charge in [0, 0.05) is 0 Å². The fourth-order valence-corrected chi connectivity index (χ4v) is 3.43. The van der Waals surface area contributed by atoms with Crippen molar-refractivity contribution in [2.75, 3.05) is 13.1 Å². The van der Waals surface area contributed by atoms with Gasteiger partial charge in [-0.1, -0.05) is 18.2 Å². The van der Waals surface area contributed by atoms with Gasteiger partial charge in [-0.2, -0.15) is 0 Å². The maximum absolute atomic E-state index is 11.8. The summed E-state index contributed by atoms with van der Waals surface area (Å²) in [5.41, 5.74) is 1.07. The smallest absolute Gasteiger partial charge is 0.522 e. The van der Waals surface area contributed by atoms with Crippen molar-refractivity contribution in [1.82, 2.24) is 4.90 Å². The largest absolute Gasteiger partial charge is 0.535 e. The molecule has 1 saturated heterocycles. The average Bonchev–Trinajstić information content (AvgIpc) is 2.63. The molecule has 0 saturated carbocycles. The molecule has 144 valence electrons. The third-order valence-corrected chi connectivity index (χ3v) is 4.95. The Morgan fingerprint density at radius 2 is 2.00 bits per heavy atom. The lowest BCUT2D eigenvalue weighted by Gasteiger charge is -2.41. The predicted octanol–water partition coefficient (Wildman–Crippen LogP) is 1.59. The van der Waals surface area contributed by atoms with Crippen molar-refractivity contribution >= 4 is 18.9 Å². The first-order valence-corrected chi connectivity index (χ1v) is 8.96. The summed E-state index contributed by atoms with van der Waals surface area (Å²) in [6.45, 7) is 0.791. The molecule has 2 heterocycles. The molecule has 1 fully saturated rings. The Morgan fingerprint density at radius 1 is 1.25 bits per heavy atom. The molecule has 4 N–H and O–H groups in total. The molecular formula is C19H19BN2O6. The maximum Gasteiger partial charge on any atom is 0.522 e. The van der Waals surface area contributed by atoms with E-state index in [0.717, 1.165) is 5.56 Å². The first-order valence-electron chi connectivity index (χ1n) is 8.96. The number of phenolic OH excluding ortho intramolecular Hbond substituents is 1. The first-order chi connectivity index (χ1) is 13.4. The van der Waals surface area contributed by atoms with Gasteiger partial charge in [0.05, 0.1) is 18.7 Å². The Balaban J connectivity index is 1.48. The van der Waals surface area contributed by atoms with Gasteiger partial charge < -0.3 is 29.5 Å². The highest BCUT2D eigenvalue weighted by Crippen LogP contribution is 2.37. The molecule has 0 bridgehead atoms. The molecule has 0 amide bonds. The molecule has 0 atom stereocenters. The van der Waals surface area contributed by atoms with E-state index in [1.165, 1.54) is 6.07 Å². The van der Waals surface area contributed by atoms with Crippen LogP contribution in [0.1, 0.15) is 21.5 Å². The van der Waals surface area contributed by atoms with E-state index in [2.05, 4.69) is 0 Å². The lowest BCUT2D eigenvalue weighted by Crippen LogP contribution is -2.56. The highest BCUT2D eigenvalue weighted by atomic mass is 16.5. The minimum absolute atomic E-state index is 0.0374. The zero-order valence-corrected chi connectivity index (χ0v) is 15.0. The van der Waals surface area contributed by atoms with E-state index < -0.39 is 13.1 Å². The number of ether oxygens (including phenoxy) is 1. The third-order valence-electron chi connectivity index (χ3n) is 4.95. The normalized spacial score (nSPS) is 16.0. The number of amidine groups is 1. The highest BCUT2D eigenvalue weighted by molar-refractivity contribution is 6.44. The fourth-order valence-electron chi connectivity index (χ4n) is 3.43. The molecule has 0 spiro atoms. The summed E-state index contributed by atoms with van der Waals surface area (Å²) in [5.74, 6) is -0.621. The number of likely N-dealkylation sites (tertiary alicyclic amines) is 1. The van der Waals surface area contributed by atoms with Gasteiger partial charge in [0.1, 0.15) is 34.8 Å². The predicted molar refractivity (Wildman–Crippen MR) is 101 cm³/mol. The summed E-state index contributed by atoms with van der Waals surface area (Å²) in [5, 5.41) is 37.4. The number of aryl methyl sites for hydroxylation is 1. The minimum Gasteiger partial charge on any atom is -0.535 e.